The number of Topliss-reactive ketones (excluding diaryl/α,β-unsaturated/α-hetero) is 1. The predicted molar refractivity (Wildman–Crippen MR) is 145 cm³/mol. The van der Waals surface area contributed by atoms with Gasteiger partial charge in [0.05, 0.1) is 22.5 Å². The van der Waals surface area contributed by atoms with Gasteiger partial charge in [-0.05, 0) is 55.9 Å². The third-order valence-corrected chi connectivity index (χ3v) is 8.51. The molecule has 0 bridgehead atoms. The van der Waals surface area contributed by atoms with Gasteiger partial charge in [0.1, 0.15) is 11.9 Å². The van der Waals surface area contributed by atoms with Crippen molar-refractivity contribution in [1.29, 1.82) is 5.26 Å². The first kappa shape index (κ1) is 24.1. The molecule has 2 aromatic heterocycles. The monoisotopic (exact) mass is 502 g/mol. The highest BCUT2D eigenvalue weighted by atomic mass is 19.1. The smallest absolute Gasteiger partial charge is 0.176 e. The van der Waals surface area contributed by atoms with Crippen molar-refractivity contribution in [3.8, 4) is 28.7 Å². The number of fused-ring (bicyclic) bond motifs is 4. The third kappa shape index (κ3) is 3.42. The molecule has 0 radical (unpaired) electrons. The van der Waals surface area contributed by atoms with Gasteiger partial charge in [-0.1, -0.05) is 50.3 Å². The molecule has 0 saturated carbocycles. The lowest BCUT2D eigenvalue weighted by Crippen LogP contribution is -2.46. The minimum absolute atomic E-state index is 0.0201. The third-order valence-electron chi connectivity index (χ3n) is 8.51. The number of allylic oxidation sites excluding steroid dienone is 2. The van der Waals surface area contributed by atoms with Gasteiger partial charge in [-0.3, -0.25) is 9.78 Å². The van der Waals surface area contributed by atoms with Crippen LogP contribution in [-0.4, -0.2) is 20.7 Å². The van der Waals surface area contributed by atoms with Gasteiger partial charge < -0.3 is 0 Å². The molecule has 0 aliphatic heterocycles. The number of carbonyl (C=O) groups excluding carboxylic acids is 1. The summed E-state index contributed by atoms with van der Waals surface area (Å²) in [6, 6.07) is 15.1. The average Bonchev–Trinajstić information content (AvgIpc) is 2.90. The van der Waals surface area contributed by atoms with Gasteiger partial charge in [0.25, 0.3) is 0 Å². The fourth-order valence-electron chi connectivity index (χ4n) is 6.55. The molecule has 0 fully saturated rings. The van der Waals surface area contributed by atoms with Gasteiger partial charge in [0.2, 0.25) is 0 Å². The van der Waals surface area contributed by atoms with Crippen LogP contribution in [-0.2, 0) is 16.6 Å². The van der Waals surface area contributed by atoms with Gasteiger partial charge in [-0.2, -0.15) is 5.26 Å². The van der Waals surface area contributed by atoms with Crippen LogP contribution >= 0.6 is 0 Å². The van der Waals surface area contributed by atoms with Crippen molar-refractivity contribution in [1.82, 2.24) is 15.0 Å². The van der Waals surface area contributed by atoms with Gasteiger partial charge in [-0.25, -0.2) is 14.4 Å². The van der Waals surface area contributed by atoms with Crippen LogP contribution in [0.1, 0.15) is 42.7 Å². The Hall–Kier alpha value is -4.24. The highest BCUT2D eigenvalue weighted by molar-refractivity contribution is 6.02. The number of nitriles is 1. The second kappa shape index (κ2) is 8.66. The number of rotatable bonds is 2. The molecule has 2 aromatic carbocycles. The number of hydrogen-bond acceptors (Lipinski definition) is 5. The van der Waals surface area contributed by atoms with E-state index in [-0.39, 0.29) is 29.0 Å². The molecule has 38 heavy (non-hydrogen) atoms. The molecule has 5 nitrogen and oxygen atoms in total. The minimum Gasteiger partial charge on any atom is -0.293 e. The number of benzene rings is 2. The summed E-state index contributed by atoms with van der Waals surface area (Å²) < 4.78 is 15.4. The van der Waals surface area contributed by atoms with Crippen LogP contribution in [0.3, 0.4) is 0 Å². The van der Waals surface area contributed by atoms with Gasteiger partial charge >= 0.3 is 0 Å². The molecule has 0 N–H and O–H groups in total. The summed E-state index contributed by atoms with van der Waals surface area (Å²) in [6.45, 7) is 7.87. The lowest BCUT2D eigenvalue weighted by Gasteiger charge is -2.45. The fourth-order valence-corrected chi connectivity index (χ4v) is 6.55. The Labute approximate surface area is 221 Å². The number of ketones is 1. The van der Waals surface area contributed by atoms with Crippen LogP contribution in [0.25, 0.3) is 33.5 Å². The second-order valence-corrected chi connectivity index (χ2v) is 10.7. The number of pyridine rings is 1. The Morgan fingerprint density at radius 3 is 2.61 bits per heavy atom. The van der Waals surface area contributed by atoms with Crippen molar-refractivity contribution < 1.29 is 9.18 Å². The van der Waals surface area contributed by atoms with Crippen molar-refractivity contribution in [3.05, 3.63) is 88.5 Å². The zero-order valence-corrected chi connectivity index (χ0v) is 21.8. The normalized spacial score (nSPS) is 22.4. The highest BCUT2D eigenvalue weighted by Gasteiger charge is 2.49. The Bertz CT molecular complexity index is 1710. The topological polar surface area (TPSA) is 79.5 Å². The van der Waals surface area contributed by atoms with E-state index in [1.54, 1.807) is 18.3 Å². The van der Waals surface area contributed by atoms with E-state index in [0.29, 0.717) is 23.5 Å². The van der Waals surface area contributed by atoms with E-state index in [1.807, 2.05) is 51.1 Å². The van der Waals surface area contributed by atoms with E-state index < -0.39 is 5.41 Å². The highest BCUT2D eigenvalue weighted by Crippen LogP contribution is 2.51. The Morgan fingerprint density at radius 2 is 1.84 bits per heavy atom. The summed E-state index contributed by atoms with van der Waals surface area (Å²) in [4.78, 5) is 27.7. The quantitative estimate of drug-likeness (QED) is 0.308. The SMILES string of the molecule is Cc1cccc(F)c1-c1nc(-c2ccnc3c(C)cccc23)nc2c1CC[C@@H]1[C@@H](C)C(=O)C(C#N)=C[C@@]21C. The van der Waals surface area contributed by atoms with Gasteiger partial charge in [-0.15, -0.1) is 0 Å². The molecular formula is C32H27FN4O. The molecule has 6 heteroatoms. The number of carbonyl (C=O) groups is 1. The van der Waals surface area contributed by atoms with Crippen LogP contribution < -0.4 is 0 Å². The molecule has 0 saturated heterocycles. The van der Waals surface area contributed by atoms with Crippen molar-refractivity contribution >= 4 is 16.7 Å². The molecular weight excluding hydrogens is 475 g/mol. The van der Waals surface area contributed by atoms with Gasteiger partial charge in [0.15, 0.2) is 11.6 Å². The summed E-state index contributed by atoms with van der Waals surface area (Å²) in [5, 5.41) is 10.7. The number of aromatic nitrogens is 3. The molecule has 2 heterocycles. The molecule has 6 rings (SSSR count). The van der Waals surface area contributed by atoms with E-state index in [9.17, 15) is 10.1 Å². The summed E-state index contributed by atoms with van der Waals surface area (Å²) in [7, 11) is 0. The maximum absolute atomic E-state index is 15.4. The standard InChI is InChI=1S/C32H27FN4O/c1-17-7-6-10-25(33)26(17)28-23-11-12-24-19(3)29(38)20(16-34)15-32(24,4)30(23)37-31(36-28)22-13-14-35-27-18(2)8-5-9-21(22)27/h5-10,13-15,19,24H,11-12H2,1-4H3/t19-,24-,32-/m1/s1. The lowest BCUT2D eigenvalue weighted by molar-refractivity contribution is -0.121. The minimum atomic E-state index is -0.670. The maximum atomic E-state index is 15.4. The molecule has 188 valence electrons. The lowest BCUT2D eigenvalue weighted by atomic mass is 9.57. The van der Waals surface area contributed by atoms with E-state index >= 15 is 4.39 Å². The Kier molecular flexibility index (Phi) is 5.50. The van der Waals surface area contributed by atoms with Crippen LogP contribution in [0.2, 0.25) is 0 Å². The first-order valence-electron chi connectivity index (χ1n) is 12.9. The zero-order valence-electron chi connectivity index (χ0n) is 21.8. The molecule has 2 aliphatic carbocycles. The second-order valence-electron chi connectivity index (χ2n) is 10.7. The van der Waals surface area contributed by atoms with Crippen LogP contribution in [0.4, 0.5) is 4.39 Å². The van der Waals surface area contributed by atoms with E-state index in [1.165, 1.54) is 6.07 Å². The molecule has 4 aromatic rings. The number of halogens is 1. The van der Waals surface area contributed by atoms with Gasteiger partial charge in [0, 0.05) is 39.6 Å². The molecule has 2 aliphatic rings. The Morgan fingerprint density at radius 1 is 1.08 bits per heavy atom. The molecule has 3 atom stereocenters. The van der Waals surface area contributed by atoms with Crippen molar-refractivity contribution in [2.24, 2.45) is 11.8 Å². The number of para-hydroxylation sites is 1. The fraction of sp³-hybridized carbons (Fsp3) is 0.281. The predicted octanol–water partition coefficient (Wildman–Crippen LogP) is 6.60. The first-order chi connectivity index (χ1) is 18.2. The average molecular weight is 503 g/mol. The summed E-state index contributed by atoms with van der Waals surface area (Å²) in [5.74, 6) is -0.297. The summed E-state index contributed by atoms with van der Waals surface area (Å²) >= 11 is 0. The van der Waals surface area contributed by atoms with Crippen molar-refractivity contribution in [2.45, 2.75) is 46.0 Å². The summed E-state index contributed by atoms with van der Waals surface area (Å²) in [5.41, 5.74) is 5.69. The maximum Gasteiger partial charge on any atom is 0.176 e. The summed E-state index contributed by atoms with van der Waals surface area (Å²) in [6.07, 6.45) is 4.90. The molecule has 0 unspecified atom stereocenters. The first-order valence-corrected chi connectivity index (χ1v) is 12.9. The van der Waals surface area contributed by atoms with E-state index in [0.717, 1.165) is 45.3 Å². The van der Waals surface area contributed by atoms with E-state index in [2.05, 4.69) is 18.0 Å². The van der Waals surface area contributed by atoms with E-state index in [4.69, 9.17) is 9.97 Å². The number of hydrogen-bond donors (Lipinski definition) is 0. The van der Waals surface area contributed by atoms with Crippen molar-refractivity contribution in [3.63, 3.8) is 0 Å². The number of nitrogens with zero attached hydrogens (tertiary/aromatic N) is 4. The molecule has 0 amide bonds. The van der Waals surface area contributed by atoms with Crippen LogP contribution in [0.15, 0.2) is 60.3 Å². The number of aryl methyl sites for hydroxylation is 2. The largest absolute Gasteiger partial charge is 0.293 e. The van der Waals surface area contributed by atoms with Crippen LogP contribution in [0.5, 0.6) is 0 Å². The van der Waals surface area contributed by atoms with Crippen LogP contribution in [0, 0.1) is 42.8 Å². The van der Waals surface area contributed by atoms with Crippen molar-refractivity contribution in [2.75, 3.05) is 0 Å². The molecule has 0 spiro atoms. The Balaban J connectivity index is 1.72. The zero-order chi connectivity index (χ0) is 26.8.